The lowest BCUT2D eigenvalue weighted by atomic mass is 9.84. The molecule has 0 aromatic heterocycles. The summed E-state index contributed by atoms with van der Waals surface area (Å²) in [6, 6.07) is 16.8. The van der Waals surface area contributed by atoms with E-state index in [2.05, 4.69) is 41.3 Å². The Morgan fingerprint density at radius 1 is 1.00 bits per heavy atom. The van der Waals surface area contributed by atoms with Crippen LogP contribution < -0.4 is 0 Å². The molecule has 0 radical (unpaired) electrons. The fourth-order valence-electron chi connectivity index (χ4n) is 3.74. The van der Waals surface area contributed by atoms with E-state index in [0.717, 1.165) is 44.1 Å². The fraction of sp³-hybridized carbons (Fsp3) is 0.368. The van der Waals surface area contributed by atoms with Gasteiger partial charge in [-0.3, -0.25) is 4.90 Å². The number of hydrogen-bond donors (Lipinski definition) is 0. The molecule has 3 heteroatoms. The summed E-state index contributed by atoms with van der Waals surface area (Å²) in [5, 5.41) is 0.866. The smallest absolute Gasteiger partial charge is 0.0963 e. The molecule has 1 fully saturated rings. The van der Waals surface area contributed by atoms with Crippen LogP contribution in [0.1, 0.15) is 29.5 Å². The first-order chi connectivity index (χ1) is 10.8. The molecule has 1 spiro atoms. The summed E-state index contributed by atoms with van der Waals surface area (Å²) < 4.78 is 6.22. The highest BCUT2D eigenvalue weighted by molar-refractivity contribution is 6.31. The summed E-state index contributed by atoms with van der Waals surface area (Å²) in [6.45, 7) is 3.80. The number of likely N-dealkylation sites (tertiary alicyclic amines) is 1. The van der Waals surface area contributed by atoms with Crippen LogP contribution in [-0.4, -0.2) is 18.0 Å². The van der Waals surface area contributed by atoms with E-state index in [4.69, 9.17) is 16.3 Å². The summed E-state index contributed by atoms with van der Waals surface area (Å²) in [5.41, 5.74) is 3.94. The molecular weight excluding hydrogens is 294 g/mol. The topological polar surface area (TPSA) is 12.5 Å². The molecule has 0 saturated carbocycles. The van der Waals surface area contributed by atoms with E-state index in [1.807, 2.05) is 12.1 Å². The lowest BCUT2D eigenvalue weighted by Crippen LogP contribution is -2.42. The van der Waals surface area contributed by atoms with Crippen molar-refractivity contribution in [3.63, 3.8) is 0 Å². The average molecular weight is 314 g/mol. The van der Waals surface area contributed by atoms with Crippen molar-refractivity contribution in [2.24, 2.45) is 0 Å². The Labute approximate surface area is 136 Å². The first-order valence-electron chi connectivity index (χ1n) is 7.95. The molecule has 2 aliphatic heterocycles. The normalized spacial score (nSPS) is 20.2. The minimum atomic E-state index is -0.0480. The Morgan fingerprint density at radius 3 is 2.55 bits per heavy atom. The molecule has 2 aromatic rings. The van der Waals surface area contributed by atoms with Gasteiger partial charge in [-0.15, -0.1) is 0 Å². The van der Waals surface area contributed by atoms with Crippen molar-refractivity contribution < 1.29 is 4.74 Å². The lowest BCUT2D eigenvalue weighted by molar-refractivity contribution is -0.0799. The minimum absolute atomic E-state index is 0.0480. The molecule has 1 saturated heterocycles. The molecule has 2 aliphatic rings. The predicted octanol–water partition coefficient (Wildman–Crippen LogP) is 4.36. The molecule has 0 amide bonds. The van der Waals surface area contributed by atoms with Crippen molar-refractivity contribution >= 4 is 11.6 Å². The third-order valence-corrected chi connectivity index (χ3v) is 5.40. The van der Waals surface area contributed by atoms with Gasteiger partial charge in [0.2, 0.25) is 0 Å². The summed E-state index contributed by atoms with van der Waals surface area (Å²) in [6.07, 6.45) is 2.13. The molecule has 2 nitrogen and oxygen atoms in total. The second-order valence-electron chi connectivity index (χ2n) is 6.31. The fourth-order valence-corrected chi connectivity index (χ4v) is 3.93. The second-order valence-corrected chi connectivity index (χ2v) is 6.71. The first-order valence-corrected chi connectivity index (χ1v) is 8.33. The van der Waals surface area contributed by atoms with Gasteiger partial charge in [-0.05, 0) is 35.6 Å². The van der Waals surface area contributed by atoms with Crippen molar-refractivity contribution in [3.05, 3.63) is 70.2 Å². The third-order valence-electron chi connectivity index (χ3n) is 5.03. The van der Waals surface area contributed by atoms with Gasteiger partial charge in [0, 0.05) is 24.7 Å². The molecule has 0 N–H and O–H groups in total. The Morgan fingerprint density at radius 2 is 1.73 bits per heavy atom. The monoisotopic (exact) mass is 313 g/mol. The van der Waals surface area contributed by atoms with Crippen LogP contribution in [0.3, 0.4) is 0 Å². The number of ether oxygens (including phenoxy) is 1. The maximum atomic E-state index is 6.28. The molecule has 0 atom stereocenters. The minimum Gasteiger partial charge on any atom is -0.365 e. The molecule has 2 heterocycles. The van der Waals surface area contributed by atoms with Crippen molar-refractivity contribution in [1.82, 2.24) is 4.90 Å². The van der Waals surface area contributed by atoms with Crippen LogP contribution >= 0.6 is 11.6 Å². The van der Waals surface area contributed by atoms with Gasteiger partial charge in [0.25, 0.3) is 0 Å². The third kappa shape index (κ3) is 2.45. The van der Waals surface area contributed by atoms with Gasteiger partial charge in [-0.2, -0.15) is 0 Å². The van der Waals surface area contributed by atoms with Crippen LogP contribution in [0.15, 0.2) is 48.5 Å². The highest BCUT2D eigenvalue weighted by Crippen LogP contribution is 2.44. The Kier molecular flexibility index (Phi) is 3.69. The lowest BCUT2D eigenvalue weighted by Gasteiger charge is -2.39. The van der Waals surface area contributed by atoms with Crippen LogP contribution in [0, 0.1) is 0 Å². The zero-order valence-corrected chi connectivity index (χ0v) is 13.4. The van der Waals surface area contributed by atoms with Gasteiger partial charge in [0.05, 0.1) is 12.2 Å². The van der Waals surface area contributed by atoms with Gasteiger partial charge < -0.3 is 4.74 Å². The highest BCUT2D eigenvalue weighted by atomic mass is 35.5. The van der Waals surface area contributed by atoms with Crippen LogP contribution in [0.5, 0.6) is 0 Å². The average Bonchev–Trinajstić information content (AvgIpc) is 2.91. The van der Waals surface area contributed by atoms with E-state index in [1.165, 1.54) is 16.7 Å². The van der Waals surface area contributed by atoms with E-state index in [0.29, 0.717) is 0 Å². The number of hydrogen-bond acceptors (Lipinski definition) is 2. The Balaban J connectivity index is 1.47. The number of fused-ring (bicyclic) bond motifs is 2. The number of benzene rings is 2. The Hall–Kier alpha value is -1.35. The van der Waals surface area contributed by atoms with Crippen molar-refractivity contribution in [2.75, 3.05) is 13.1 Å². The molecular formula is C19H20ClNO. The van der Waals surface area contributed by atoms with E-state index in [1.54, 1.807) is 0 Å². The van der Waals surface area contributed by atoms with Gasteiger partial charge >= 0.3 is 0 Å². The molecule has 4 rings (SSSR count). The van der Waals surface area contributed by atoms with E-state index < -0.39 is 0 Å². The van der Waals surface area contributed by atoms with Crippen LogP contribution in [0.2, 0.25) is 5.02 Å². The maximum Gasteiger partial charge on any atom is 0.0963 e. The largest absolute Gasteiger partial charge is 0.365 e. The zero-order valence-electron chi connectivity index (χ0n) is 12.6. The van der Waals surface area contributed by atoms with Gasteiger partial charge in [-0.25, -0.2) is 0 Å². The van der Waals surface area contributed by atoms with Gasteiger partial charge in [0.15, 0.2) is 0 Å². The quantitative estimate of drug-likeness (QED) is 0.816. The standard InChI is InChI=1S/C19H20ClNO/c20-18-8-4-2-5-15(18)13-21-11-9-19(10-12-21)17-7-3-1-6-16(17)14-22-19/h1-8H,9-14H2. The van der Waals surface area contributed by atoms with Crippen molar-refractivity contribution in [1.29, 1.82) is 0 Å². The summed E-state index contributed by atoms with van der Waals surface area (Å²) in [7, 11) is 0. The second kappa shape index (κ2) is 5.69. The van der Waals surface area contributed by atoms with Crippen molar-refractivity contribution in [2.45, 2.75) is 31.6 Å². The van der Waals surface area contributed by atoms with E-state index in [-0.39, 0.29) is 5.60 Å². The highest BCUT2D eigenvalue weighted by Gasteiger charge is 2.42. The van der Waals surface area contributed by atoms with E-state index in [9.17, 15) is 0 Å². The van der Waals surface area contributed by atoms with Crippen LogP contribution in [-0.2, 0) is 23.5 Å². The molecule has 0 unspecified atom stereocenters. The summed E-state index contributed by atoms with van der Waals surface area (Å²) in [5.74, 6) is 0. The number of piperidine rings is 1. The van der Waals surface area contributed by atoms with Crippen LogP contribution in [0.25, 0.3) is 0 Å². The van der Waals surface area contributed by atoms with Crippen LogP contribution in [0.4, 0.5) is 0 Å². The van der Waals surface area contributed by atoms with Gasteiger partial charge in [-0.1, -0.05) is 54.1 Å². The maximum absolute atomic E-state index is 6.28. The summed E-state index contributed by atoms with van der Waals surface area (Å²) >= 11 is 6.28. The molecule has 2 aromatic carbocycles. The summed E-state index contributed by atoms with van der Waals surface area (Å²) in [4.78, 5) is 2.48. The molecule has 0 aliphatic carbocycles. The molecule has 114 valence electrons. The predicted molar refractivity (Wildman–Crippen MR) is 88.9 cm³/mol. The number of nitrogens with zero attached hydrogens (tertiary/aromatic N) is 1. The SMILES string of the molecule is Clc1ccccc1CN1CCC2(CC1)OCc1ccccc12. The van der Waals surface area contributed by atoms with E-state index >= 15 is 0 Å². The molecule has 0 bridgehead atoms. The van der Waals surface area contributed by atoms with Gasteiger partial charge in [0.1, 0.15) is 0 Å². The molecule has 22 heavy (non-hydrogen) atoms. The zero-order chi connectivity index (χ0) is 15.0. The number of halogens is 1. The Bertz CT molecular complexity index is 677. The first kappa shape index (κ1) is 14.3. The number of rotatable bonds is 2. The van der Waals surface area contributed by atoms with Crippen molar-refractivity contribution in [3.8, 4) is 0 Å².